The van der Waals surface area contributed by atoms with Crippen molar-refractivity contribution in [2.75, 3.05) is 13.7 Å². The van der Waals surface area contributed by atoms with E-state index in [9.17, 15) is 4.79 Å². The highest BCUT2D eigenvalue weighted by molar-refractivity contribution is 5.85. The predicted octanol–water partition coefficient (Wildman–Crippen LogP) is 1.35. The highest BCUT2D eigenvalue weighted by Gasteiger charge is 2.11. The Labute approximate surface area is 119 Å². The maximum atomic E-state index is 11.3. The Kier molecular flexibility index (Phi) is 7.95. The van der Waals surface area contributed by atoms with Gasteiger partial charge in [0.05, 0.1) is 19.7 Å². The van der Waals surface area contributed by atoms with Gasteiger partial charge in [0.1, 0.15) is 6.10 Å². The summed E-state index contributed by atoms with van der Waals surface area (Å²) in [6, 6.07) is 6.87. The van der Waals surface area contributed by atoms with Gasteiger partial charge in [-0.25, -0.2) is 0 Å². The van der Waals surface area contributed by atoms with Crippen molar-refractivity contribution in [1.82, 2.24) is 5.32 Å². The van der Waals surface area contributed by atoms with Gasteiger partial charge in [-0.1, -0.05) is 12.1 Å². The number of ether oxygens (including phenoxy) is 2. The average Bonchev–Trinajstić information content (AvgIpc) is 2.36. The number of amides is 1. The molecule has 2 atom stereocenters. The summed E-state index contributed by atoms with van der Waals surface area (Å²) in [6.45, 7) is 3.91. The molecule has 108 valence electrons. The van der Waals surface area contributed by atoms with E-state index in [1.54, 1.807) is 14.0 Å². The van der Waals surface area contributed by atoms with Crippen molar-refractivity contribution in [3.63, 3.8) is 0 Å². The molecule has 1 unspecified atom stereocenters. The lowest BCUT2D eigenvalue weighted by Gasteiger charge is -2.17. The van der Waals surface area contributed by atoms with Gasteiger partial charge in [-0.05, 0) is 26.0 Å². The first-order valence-electron chi connectivity index (χ1n) is 5.87. The number of hydrogen-bond donors (Lipinski definition) is 2. The normalized spacial score (nSPS) is 12.8. The monoisotopic (exact) mass is 288 g/mol. The SMILES string of the molecule is COc1ccccc1OC(C)CNC(=O)[C@@H](C)N.Cl. The van der Waals surface area contributed by atoms with Gasteiger partial charge in [-0.2, -0.15) is 0 Å². The largest absolute Gasteiger partial charge is 0.493 e. The Morgan fingerprint density at radius 2 is 1.89 bits per heavy atom. The van der Waals surface area contributed by atoms with E-state index >= 15 is 0 Å². The zero-order valence-corrected chi connectivity index (χ0v) is 12.2. The number of carbonyl (C=O) groups excluding carboxylic acids is 1. The highest BCUT2D eigenvalue weighted by atomic mass is 35.5. The van der Waals surface area contributed by atoms with Crippen LogP contribution in [0.5, 0.6) is 11.5 Å². The third kappa shape index (κ3) is 5.81. The molecule has 0 radical (unpaired) electrons. The van der Waals surface area contributed by atoms with Crippen LogP contribution in [0.2, 0.25) is 0 Å². The van der Waals surface area contributed by atoms with Crippen molar-refractivity contribution < 1.29 is 14.3 Å². The lowest BCUT2D eigenvalue weighted by molar-refractivity contribution is -0.122. The van der Waals surface area contributed by atoms with Gasteiger partial charge in [-0.15, -0.1) is 12.4 Å². The third-order valence-electron chi connectivity index (χ3n) is 2.37. The minimum Gasteiger partial charge on any atom is -0.493 e. The van der Waals surface area contributed by atoms with Crippen LogP contribution in [-0.4, -0.2) is 31.7 Å². The smallest absolute Gasteiger partial charge is 0.236 e. The molecule has 1 amide bonds. The molecule has 0 aliphatic rings. The Balaban J connectivity index is 0.00000324. The molecule has 0 aromatic heterocycles. The maximum absolute atomic E-state index is 11.3. The highest BCUT2D eigenvalue weighted by Crippen LogP contribution is 2.26. The second kappa shape index (κ2) is 8.61. The Bertz CT molecular complexity index is 399. The van der Waals surface area contributed by atoms with Crippen LogP contribution in [0.15, 0.2) is 24.3 Å². The lowest BCUT2D eigenvalue weighted by Crippen LogP contribution is -2.42. The molecule has 19 heavy (non-hydrogen) atoms. The first-order chi connectivity index (χ1) is 8.54. The Morgan fingerprint density at radius 3 is 2.42 bits per heavy atom. The van der Waals surface area contributed by atoms with E-state index in [1.807, 2.05) is 31.2 Å². The van der Waals surface area contributed by atoms with Gasteiger partial charge in [0.15, 0.2) is 11.5 Å². The molecule has 0 saturated carbocycles. The van der Waals surface area contributed by atoms with E-state index < -0.39 is 6.04 Å². The molecule has 0 heterocycles. The number of para-hydroxylation sites is 2. The van der Waals surface area contributed by atoms with Gasteiger partial charge in [0.2, 0.25) is 5.91 Å². The number of rotatable bonds is 6. The second-order valence-corrected chi connectivity index (χ2v) is 4.11. The fourth-order valence-electron chi connectivity index (χ4n) is 1.38. The molecule has 1 rings (SSSR count). The zero-order valence-electron chi connectivity index (χ0n) is 11.4. The van der Waals surface area contributed by atoms with Crippen LogP contribution < -0.4 is 20.5 Å². The summed E-state index contributed by atoms with van der Waals surface area (Å²) in [7, 11) is 1.59. The molecule has 0 fully saturated rings. The minimum absolute atomic E-state index is 0. The summed E-state index contributed by atoms with van der Waals surface area (Å²) in [5.74, 6) is 1.14. The quantitative estimate of drug-likeness (QED) is 0.829. The van der Waals surface area contributed by atoms with E-state index in [-0.39, 0.29) is 24.4 Å². The van der Waals surface area contributed by atoms with Crippen LogP contribution in [-0.2, 0) is 4.79 Å². The number of nitrogens with two attached hydrogens (primary N) is 1. The summed E-state index contributed by atoms with van der Waals surface area (Å²) in [6.07, 6.45) is -0.163. The Hall–Kier alpha value is -1.46. The van der Waals surface area contributed by atoms with Crippen molar-refractivity contribution in [1.29, 1.82) is 0 Å². The van der Waals surface area contributed by atoms with Crippen LogP contribution in [0.3, 0.4) is 0 Å². The summed E-state index contributed by atoms with van der Waals surface area (Å²) in [5, 5.41) is 2.71. The summed E-state index contributed by atoms with van der Waals surface area (Å²) < 4.78 is 10.9. The van der Waals surface area contributed by atoms with Gasteiger partial charge in [-0.3, -0.25) is 4.79 Å². The number of carbonyl (C=O) groups is 1. The van der Waals surface area contributed by atoms with Crippen LogP contribution in [0.25, 0.3) is 0 Å². The first kappa shape index (κ1) is 17.5. The van der Waals surface area contributed by atoms with Crippen molar-refractivity contribution >= 4 is 18.3 Å². The predicted molar refractivity (Wildman–Crippen MR) is 77.0 cm³/mol. The molecule has 0 aliphatic carbocycles. The average molecular weight is 289 g/mol. The van der Waals surface area contributed by atoms with Crippen LogP contribution in [0, 0.1) is 0 Å². The second-order valence-electron chi connectivity index (χ2n) is 4.11. The first-order valence-corrected chi connectivity index (χ1v) is 5.87. The fraction of sp³-hybridized carbons (Fsp3) is 0.462. The van der Waals surface area contributed by atoms with Crippen molar-refractivity contribution in [2.45, 2.75) is 26.0 Å². The van der Waals surface area contributed by atoms with Gasteiger partial charge >= 0.3 is 0 Å². The van der Waals surface area contributed by atoms with E-state index in [1.165, 1.54) is 0 Å². The van der Waals surface area contributed by atoms with Crippen LogP contribution in [0.4, 0.5) is 0 Å². The molecule has 0 spiro atoms. The number of benzene rings is 1. The van der Waals surface area contributed by atoms with Crippen molar-refractivity contribution in [3.05, 3.63) is 24.3 Å². The molecule has 0 bridgehead atoms. The van der Waals surface area contributed by atoms with Crippen LogP contribution >= 0.6 is 12.4 Å². The number of halogens is 1. The molecular formula is C13H21ClN2O3. The standard InChI is InChI=1S/C13H20N2O3.ClH/c1-9(8-15-13(16)10(2)14)18-12-7-5-4-6-11(12)17-3;/h4-7,9-10H,8,14H2,1-3H3,(H,15,16);1H/t9?,10-;/m1./s1. The topological polar surface area (TPSA) is 73.6 Å². The van der Waals surface area contributed by atoms with Crippen molar-refractivity contribution in [2.24, 2.45) is 5.73 Å². The molecule has 0 saturated heterocycles. The summed E-state index contributed by atoms with van der Waals surface area (Å²) in [5.41, 5.74) is 5.45. The zero-order chi connectivity index (χ0) is 13.5. The van der Waals surface area contributed by atoms with E-state index in [0.717, 1.165) is 0 Å². The third-order valence-corrected chi connectivity index (χ3v) is 2.37. The van der Waals surface area contributed by atoms with Crippen LogP contribution in [0.1, 0.15) is 13.8 Å². The molecule has 1 aromatic carbocycles. The number of nitrogens with one attached hydrogen (secondary N) is 1. The van der Waals surface area contributed by atoms with E-state index in [4.69, 9.17) is 15.2 Å². The van der Waals surface area contributed by atoms with Gasteiger partial charge < -0.3 is 20.5 Å². The summed E-state index contributed by atoms with van der Waals surface area (Å²) in [4.78, 5) is 11.3. The van der Waals surface area contributed by atoms with E-state index in [0.29, 0.717) is 18.0 Å². The lowest BCUT2D eigenvalue weighted by atomic mass is 10.3. The molecule has 5 nitrogen and oxygen atoms in total. The number of hydrogen-bond acceptors (Lipinski definition) is 4. The van der Waals surface area contributed by atoms with E-state index in [2.05, 4.69) is 5.32 Å². The summed E-state index contributed by atoms with van der Waals surface area (Å²) >= 11 is 0. The molecular weight excluding hydrogens is 268 g/mol. The number of methoxy groups -OCH3 is 1. The van der Waals surface area contributed by atoms with Gasteiger partial charge in [0.25, 0.3) is 0 Å². The fourth-order valence-corrected chi connectivity index (χ4v) is 1.38. The van der Waals surface area contributed by atoms with Gasteiger partial charge in [0, 0.05) is 0 Å². The molecule has 6 heteroatoms. The molecule has 3 N–H and O–H groups in total. The molecule has 1 aromatic rings. The maximum Gasteiger partial charge on any atom is 0.236 e. The van der Waals surface area contributed by atoms with Crippen molar-refractivity contribution in [3.8, 4) is 11.5 Å². The molecule has 0 aliphatic heterocycles. The minimum atomic E-state index is -0.511. The Morgan fingerprint density at radius 1 is 1.32 bits per heavy atom.